The molecular weight excluding hydrogens is 1020 g/mol. The minimum absolute atomic E-state index is 0.0310. The molecule has 24 nitrogen and oxygen atoms in total. The Labute approximate surface area is 459 Å². The van der Waals surface area contributed by atoms with Crippen LogP contribution in [0.4, 0.5) is 22.7 Å². The quantitative estimate of drug-likeness (QED) is 0.0299. The van der Waals surface area contributed by atoms with Crippen molar-refractivity contribution in [1.82, 2.24) is 16.0 Å². The second-order valence-corrected chi connectivity index (χ2v) is 18.5. The summed E-state index contributed by atoms with van der Waals surface area (Å²) in [5.41, 5.74) is 35.4. The number of ether oxygens (including phenoxy) is 3. The number of carbonyl (C=O) groups excluding carboxylic acids is 8. The van der Waals surface area contributed by atoms with Gasteiger partial charge in [0.25, 0.3) is 23.6 Å². The van der Waals surface area contributed by atoms with Crippen molar-refractivity contribution in [1.29, 1.82) is 0 Å². The number of unbranched alkanes of at least 4 members (excludes halogenated alkanes) is 4. The Kier molecular flexibility index (Phi) is 26.6. The first-order chi connectivity index (χ1) is 38.0. The van der Waals surface area contributed by atoms with Gasteiger partial charge in [-0.1, -0.05) is 12.5 Å². The predicted molar refractivity (Wildman–Crippen MR) is 302 cm³/mol. The summed E-state index contributed by atoms with van der Waals surface area (Å²) in [6.07, 6.45) is 5.47. The van der Waals surface area contributed by atoms with Gasteiger partial charge in [0.05, 0.1) is 44.1 Å². The SMILES string of the molecule is COc1ccc(NC(=O)[C@H](CCCCN)NC(=O)c2cc(NC(=O)[C@H](CCCCN)NC(=O)c3cc(NC(=O)[C@H](CCCCN)NC(=O)c4cccc(NC(=O)[C@@H](N)CCCCN)c4)ccc3OC)ccc2OC)cc1C(N)=O. The Morgan fingerprint density at radius 3 is 1.14 bits per heavy atom. The van der Waals surface area contributed by atoms with E-state index in [-0.39, 0.29) is 75.8 Å². The van der Waals surface area contributed by atoms with Gasteiger partial charge in [-0.25, -0.2) is 0 Å². The van der Waals surface area contributed by atoms with Gasteiger partial charge < -0.3 is 85.8 Å². The highest BCUT2D eigenvalue weighted by Crippen LogP contribution is 2.27. The standard InChI is InChI=1S/C55H77N13O11/c1-77-45-22-19-35(30-38(45)48(61)69)63-54(75)43(17-6-10-27-58)67-50(71)40-32-37(21-24-47(40)79-3)65-55(76)44(18-7-11-28-59)68-51(72)39-31-36(20-23-46(39)78-2)64-53(74)42(16-5-9-26-57)66-49(70)33-13-12-14-34(29-33)62-52(73)41(60)15-4-8-25-56/h12-14,19-24,29-32,41-44H,4-11,15-18,25-28,56-60H2,1-3H3,(H2,61,69)(H,62,73)(H,63,75)(H,64,74)(H,65,76)(H,66,70)(H,67,71)(H,68,72)/t41-,42-,43-,44-/m0/s1. The molecule has 4 aromatic rings. The zero-order valence-electron chi connectivity index (χ0n) is 45.1. The summed E-state index contributed by atoms with van der Waals surface area (Å²) in [5, 5.41) is 19.3. The summed E-state index contributed by atoms with van der Waals surface area (Å²) in [4.78, 5) is 108. The van der Waals surface area contributed by atoms with Crippen LogP contribution in [0.1, 0.15) is 118 Å². The highest BCUT2D eigenvalue weighted by molar-refractivity contribution is 6.07. The lowest BCUT2D eigenvalue weighted by molar-refractivity contribution is -0.118. The van der Waals surface area contributed by atoms with E-state index in [1.807, 2.05) is 0 Å². The van der Waals surface area contributed by atoms with Crippen LogP contribution in [0.15, 0.2) is 78.9 Å². The summed E-state index contributed by atoms with van der Waals surface area (Å²) in [6.45, 7) is 1.51. The predicted octanol–water partition coefficient (Wildman–Crippen LogP) is 2.80. The molecule has 4 rings (SSSR count). The van der Waals surface area contributed by atoms with E-state index in [0.29, 0.717) is 83.2 Å². The fraction of sp³-hybridized carbons (Fsp3) is 0.418. The van der Waals surface area contributed by atoms with Gasteiger partial charge >= 0.3 is 0 Å². The maximum Gasteiger partial charge on any atom is 0.255 e. The van der Waals surface area contributed by atoms with Gasteiger partial charge in [0.1, 0.15) is 35.4 Å². The number of nitrogens with two attached hydrogens (primary N) is 6. The number of methoxy groups -OCH3 is 3. The van der Waals surface area contributed by atoms with Gasteiger partial charge in [-0.05, 0) is 170 Å². The van der Waals surface area contributed by atoms with Crippen LogP contribution >= 0.6 is 0 Å². The van der Waals surface area contributed by atoms with Crippen molar-refractivity contribution < 1.29 is 52.6 Å². The molecule has 0 saturated carbocycles. The molecule has 0 fully saturated rings. The number of amides is 8. The lowest BCUT2D eigenvalue weighted by atomic mass is 10.1. The van der Waals surface area contributed by atoms with Crippen molar-refractivity contribution >= 4 is 70.0 Å². The smallest absolute Gasteiger partial charge is 0.255 e. The van der Waals surface area contributed by atoms with E-state index in [9.17, 15) is 38.4 Å². The summed E-state index contributed by atoms with van der Waals surface area (Å²) < 4.78 is 16.2. The van der Waals surface area contributed by atoms with E-state index in [0.717, 1.165) is 6.42 Å². The van der Waals surface area contributed by atoms with Crippen LogP contribution in [0.3, 0.4) is 0 Å². The van der Waals surface area contributed by atoms with Crippen molar-refractivity contribution in [2.45, 2.75) is 101 Å². The molecule has 0 radical (unpaired) electrons. The molecule has 0 saturated heterocycles. The normalized spacial score (nSPS) is 12.4. The number of primary amides is 1. The van der Waals surface area contributed by atoms with Crippen LogP contribution in [-0.4, -0.2) is 119 Å². The average Bonchev–Trinajstić information content (AvgIpc) is 3.45. The summed E-state index contributed by atoms with van der Waals surface area (Å²) in [6, 6.07) is 15.2. The molecule has 8 amide bonds. The van der Waals surface area contributed by atoms with Crippen LogP contribution in [0, 0.1) is 0 Å². The van der Waals surface area contributed by atoms with Gasteiger partial charge in [0.15, 0.2) is 0 Å². The maximum atomic E-state index is 14.2. The minimum Gasteiger partial charge on any atom is -0.496 e. The molecule has 24 heteroatoms. The number of anilines is 4. The van der Waals surface area contributed by atoms with E-state index >= 15 is 0 Å². The fourth-order valence-corrected chi connectivity index (χ4v) is 8.20. The molecule has 0 aromatic heterocycles. The van der Waals surface area contributed by atoms with E-state index in [1.54, 1.807) is 12.1 Å². The summed E-state index contributed by atoms with van der Waals surface area (Å²) in [5.74, 6) is -4.61. The molecule has 0 aliphatic heterocycles. The number of benzene rings is 4. The lowest BCUT2D eigenvalue weighted by Crippen LogP contribution is -2.44. The van der Waals surface area contributed by atoms with Gasteiger partial charge in [-0.2, -0.15) is 0 Å². The molecule has 428 valence electrons. The van der Waals surface area contributed by atoms with Gasteiger partial charge in [0, 0.05) is 28.3 Å². The van der Waals surface area contributed by atoms with Crippen molar-refractivity contribution in [3.8, 4) is 17.2 Å². The van der Waals surface area contributed by atoms with Gasteiger partial charge in [-0.3, -0.25) is 38.4 Å². The highest BCUT2D eigenvalue weighted by Gasteiger charge is 2.28. The van der Waals surface area contributed by atoms with E-state index < -0.39 is 71.4 Å². The van der Waals surface area contributed by atoms with Crippen LogP contribution in [0.5, 0.6) is 17.2 Å². The molecule has 79 heavy (non-hydrogen) atoms. The molecular formula is C55H77N13O11. The Morgan fingerprint density at radius 2 is 0.759 bits per heavy atom. The van der Waals surface area contributed by atoms with Crippen LogP contribution < -0.4 is 85.8 Å². The van der Waals surface area contributed by atoms with Crippen molar-refractivity contribution in [2.75, 3.05) is 68.8 Å². The second-order valence-electron chi connectivity index (χ2n) is 18.5. The zero-order valence-corrected chi connectivity index (χ0v) is 45.1. The largest absolute Gasteiger partial charge is 0.496 e. The molecule has 0 aliphatic rings. The number of carbonyl (C=O) groups is 8. The van der Waals surface area contributed by atoms with Crippen molar-refractivity contribution in [2.24, 2.45) is 34.4 Å². The Morgan fingerprint density at radius 1 is 0.418 bits per heavy atom. The third-order valence-electron chi connectivity index (χ3n) is 12.6. The zero-order chi connectivity index (χ0) is 57.9. The van der Waals surface area contributed by atoms with Crippen molar-refractivity contribution in [3.63, 3.8) is 0 Å². The molecule has 0 heterocycles. The molecule has 4 aromatic carbocycles. The monoisotopic (exact) mass is 1100 g/mol. The van der Waals surface area contributed by atoms with Gasteiger partial charge in [0.2, 0.25) is 23.6 Å². The van der Waals surface area contributed by atoms with Crippen LogP contribution in [0.25, 0.3) is 0 Å². The topological polar surface area (TPSA) is 405 Å². The first-order valence-corrected chi connectivity index (χ1v) is 26.2. The molecule has 0 unspecified atom stereocenters. The number of hydrogen-bond acceptors (Lipinski definition) is 16. The van der Waals surface area contributed by atoms with Gasteiger partial charge in [-0.15, -0.1) is 0 Å². The molecule has 19 N–H and O–H groups in total. The molecule has 0 bridgehead atoms. The van der Waals surface area contributed by atoms with Crippen LogP contribution in [0.2, 0.25) is 0 Å². The average molecular weight is 1100 g/mol. The Bertz CT molecular complexity index is 2720. The minimum atomic E-state index is -1.16. The third-order valence-corrected chi connectivity index (χ3v) is 12.6. The fourth-order valence-electron chi connectivity index (χ4n) is 8.20. The molecule has 4 atom stereocenters. The number of hydrogen-bond donors (Lipinski definition) is 13. The van der Waals surface area contributed by atoms with E-state index in [1.165, 1.54) is 88.1 Å². The maximum absolute atomic E-state index is 14.2. The first-order valence-electron chi connectivity index (χ1n) is 26.2. The Hall–Kier alpha value is -8.16. The summed E-state index contributed by atoms with van der Waals surface area (Å²) in [7, 11) is 4.08. The molecule has 0 spiro atoms. The molecule has 0 aliphatic carbocycles. The number of rotatable bonds is 34. The van der Waals surface area contributed by atoms with E-state index in [4.69, 9.17) is 48.6 Å². The van der Waals surface area contributed by atoms with E-state index in [2.05, 4.69) is 37.2 Å². The Balaban J connectivity index is 1.53. The first kappa shape index (κ1) is 63.4. The van der Waals surface area contributed by atoms with Crippen LogP contribution in [-0.2, 0) is 19.2 Å². The highest BCUT2D eigenvalue weighted by atomic mass is 16.5. The lowest BCUT2D eigenvalue weighted by Gasteiger charge is -2.21. The summed E-state index contributed by atoms with van der Waals surface area (Å²) >= 11 is 0. The second kappa shape index (κ2) is 33.2. The van der Waals surface area contributed by atoms with Crippen molar-refractivity contribution in [3.05, 3.63) is 101 Å². The third kappa shape index (κ3) is 20.0. The number of nitrogens with one attached hydrogen (secondary N) is 7.